The topological polar surface area (TPSA) is 46.3 Å². The van der Waals surface area contributed by atoms with Crippen molar-refractivity contribution in [1.82, 2.24) is 9.88 Å². The van der Waals surface area contributed by atoms with Gasteiger partial charge in [0.15, 0.2) is 0 Å². The van der Waals surface area contributed by atoms with Crippen LogP contribution in [0.1, 0.15) is 55.0 Å². The van der Waals surface area contributed by atoms with Crippen LogP contribution in [0.4, 0.5) is 0 Å². The summed E-state index contributed by atoms with van der Waals surface area (Å²) in [7, 11) is 1.81. The van der Waals surface area contributed by atoms with Crippen LogP contribution < -0.4 is 0 Å². The largest absolute Gasteiger partial charge is 0.464 e. The summed E-state index contributed by atoms with van der Waals surface area (Å²) >= 11 is 1.61. The number of thioether (sulfide) groups is 1. The Bertz CT molecular complexity index is 726. The van der Waals surface area contributed by atoms with Gasteiger partial charge in [0.05, 0.1) is 12.1 Å². The van der Waals surface area contributed by atoms with Gasteiger partial charge < -0.3 is 9.32 Å². The Morgan fingerprint density at radius 3 is 2.83 bits per heavy atom. The normalized spacial score (nSPS) is 19.5. The first kappa shape index (κ1) is 17.1. The molecular formula is C19H24N2O2S. The molecule has 0 bridgehead atoms. The van der Waals surface area contributed by atoms with E-state index in [1.54, 1.807) is 29.9 Å². The van der Waals surface area contributed by atoms with Crippen molar-refractivity contribution >= 4 is 17.7 Å². The van der Waals surface area contributed by atoms with Gasteiger partial charge in [-0.15, -0.1) is 11.8 Å². The molecule has 1 aliphatic carbocycles. The van der Waals surface area contributed by atoms with Gasteiger partial charge in [0.25, 0.3) is 5.91 Å². The van der Waals surface area contributed by atoms with E-state index >= 15 is 0 Å². The number of carbonyl (C=O) groups is 1. The molecule has 1 amide bonds. The van der Waals surface area contributed by atoms with E-state index in [1.807, 2.05) is 24.3 Å². The smallest absolute Gasteiger partial charge is 0.256 e. The number of pyridine rings is 1. The van der Waals surface area contributed by atoms with Gasteiger partial charge in [0, 0.05) is 24.4 Å². The summed E-state index contributed by atoms with van der Waals surface area (Å²) in [6, 6.07) is 7.68. The van der Waals surface area contributed by atoms with Crippen molar-refractivity contribution < 1.29 is 9.21 Å². The van der Waals surface area contributed by atoms with E-state index in [-0.39, 0.29) is 5.91 Å². The van der Waals surface area contributed by atoms with Gasteiger partial charge in [-0.1, -0.05) is 20.8 Å². The average molecular weight is 344 g/mol. The number of carbonyl (C=O) groups excluding carboxylic acids is 1. The molecule has 1 fully saturated rings. The van der Waals surface area contributed by atoms with E-state index in [0.29, 0.717) is 23.3 Å². The Morgan fingerprint density at radius 1 is 1.42 bits per heavy atom. The molecule has 0 aromatic carbocycles. The van der Waals surface area contributed by atoms with Crippen molar-refractivity contribution in [3.63, 3.8) is 0 Å². The summed E-state index contributed by atoms with van der Waals surface area (Å²) in [5.74, 6) is 3.14. The Morgan fingerprint density at radius 2 is 2.17 bits per heavy atom. The number of rotatable bonds is 6. The maximum Gasteiger partial charge on any atom is 0.256 e. The summed E-state index contributed by atoms with van der Waals surface area (Å²) in [5.41, 5.74) is 0.654. The van der Waals surface area contributed by atoms with Gasteiger partial charge in [-0.2, -0.15) is 0 Å². The second-order valence-corrected chi connectivity index (χ2v) is 8.37. The summed E-state index contributed by atoms with van der Waals surface area (Å²) in [6.07, 6.45) is 2.93. The standard InChI is InChI=1S/C19H24N2O2S/c1-12(2)24-18-15(6-5-9-20-18)19(22)21(4)11-14-7-8-17(23-14)16-10-13(16)3/h5-9,12-13,16H,10-11H2,1-4H3/t13-,16-/m1/s1. The number of aromatic nitrogens is 1. The van der Waals surface area contributed by atoms with Crippen molar-refractivity contribution in [2.24, 2.45) is 5.92 Å². The molecule has 3 rings (SSSR count). The molecule has 1 aliphatic rings. The van der Waals surface area contributed by atoms with Gasteiger partial charge in [0.2, 0.25) is 0 Å². The molecule has 4 nitrogen and oxygen atoms in total. The van der Waals surface area contributed by atoms with Crippen molar-refractivity contribution in [2.75, 3.05) is 7.05 Å². The van der Waals surface area contributed by atoms with E-state index in [9.17, 15) is 4.79 Å². The first-order valence-corrected chi connectivity index (χ1v) is 9.29. The van der Waals surface area contributed by atoms with Crippen LogP contribution in [0.15, 0.2) is 39.9 Å². The second-order valence-electron chi connectivity index (χ2n) is 6.81. The Kier molecular flexibility index (Phi) is 4.99. The van der Waals surface area contributed by atoms with Crippen molar-refractivity contribution in [3.8, 4) is 0 Å². The fourth-order valence-electron chi connectivity index (χ4n) is 2.78. The number of hydrogen-bond donors (Lipinski definition) is 0. The molecule has 0 N–H and O–H groups in total. The zero-order valence-corrected chi connectivity index (χ0v) is 15.5. The number of amides is 1. The van der Waals surface area contributed by atoms with E-state index in [4.69, 9.17) is 4.42 Å². The SMILES string of the molecule is CC(C)Sc1ncccc1C(=O)N(C)Cc1ccc([C@@H]2C[C@H]2C)o1. The monoisotopic (exact) mass is 344 g/mol. The lowest BCUT2D eigenvalue weighted by atomic mass is 10.2. The molecule has 1 saturated carbocycles. The molecule has 2 atom stereocenters. The Hall–Kier alpha value is -1.75. The summed E-state index contributed by atoms with van der Waals surface area (Å²) < 4.78 is 5.91. The van der Waals surface area contributed by atoms with E-state index in [2.05, 4.69) is 25.8 Å². The zero-order valence-electron chi connectivity index (χ0n) is 14.7. The quantitative estimate of drug-likeness (QED) is 0.720. The third-order valence-electron chi connectivity index (χ3n) is 4.25. The summed E-state index contributed by atoms with van der Waals surface area (Å²) in [5, 5.41) is 1.17. The molecule has 0 saturated heterocycles. The van der Waals surface area contributed by atoms with Crippen LogP contribution in [0.5, 0.6) is 0 Å². The Balaban J connectivity index is 1.69. The maximum atomic E-state index is 12.8. The number of hydrogen-bond acceptors (Lipinski definition) is 4. The molecular weight excluding hydrogens is 320 g/mol. The van der Waals surface area contributed by atoms with Gasteiger partial charge in [-0.05, 0) is 36.6 Å². The molecule has 0 spiro atoms. The second kappa shape index (κ2) is 7.01. The van der Waals surface area contributed by atoms with Crippen LogP contribution in [0.25, 0.3) is 0 Å². The lowest BCUT2D eigenvalue weighted by Gasteiger charge is -2.17. The highest BCUT2D eigenvalue weighted by Gasteiger charge is 2.36. The third kappa shape index (κ3) is 3.83. The minimum absolute atomic E-state index is 0.0241. The van der Waals surface area contributed by atoms with Gasteiger partial charge in [-0.25, -0.2) is 4.98 Å². The summed E-state index contributed by atoms with van der Waals surface area (Å²) in [6.45, 7) is 6.90. The van der Waals surface area contributed by atoms with Crippen LogP contribution in [-0.4, -0.2) is 28.1 Å². The van der Waals surface area contributed by atoms with Crippen LogP contribution in [0.3, 0.4) is 0 Å². The van der Waals surface area contributed by atoms with Crippen molar-refractivity contribution in [3.05, 3.63) is 47.5 Å². The van der Waals surface area contributed by atoms with Crippen molar-refractivity contribution in [2.45, 2.75) is 49.9 Å². The van der Waals surface area contributed by atoms with Gasteiger partial charge in [-0.3, -0.25) is 4.79 Å². The van der Waals surface area contributed by atoms with Crippen LogP contribution in [0.2, 0.25) is 0 Å². The lowest BCUT2D eigenvalue weighted by Crippen LogP contribution is -2.26. The maximum absolute atomic E-state index is 12.8. The minimum Gasteiger partial charge on any atom is -0.464 e. The molecule has 128 valence electrons. The first-order valence-electron chi connectivity index (χ1n) is 8.41. The highest BCUT2D eigenvalue weighted by Crippen LogP contribution is 2.47. The minimum atomic E-state index is -0.0241. The van der Waals surface area contributed by atoms with Gasteiger partial charge >= 0.3 is 0 Å². The third-order valence-corrected chi connectivity index (χ3v) is 5.27. The lowest BCUT2D eigenvalue weighted by molar-refractivity contribution is 0.0770. The highest BCUT2D eigenvalue weighted by molar-refractivity contribution is 7.99. The van der Waals surface area contributed by atoms with E-state index < -0.39 is 0 Å². The molecule has 0 aliphatic heterocycles. The molecule has 0 unspecified atom stereocenters. The predicted octanol–water partition coefficient (Wildman–Crippen LogP) is 4.57. The van der Waals surface area contributed by atoms with E-state index in [0.717, 1.165) is 22.5 Å². The molecule has 0 radical (unpaired) electrons. The van der Waals surface area contributed by atoms with Crippen molar-refractivity contribution in [1.29, 1.82) is 0 Å². The highest BCUT2D eigenvalue weighted by atomic mass is 32.2. The fourth-order valence-corrected chi connectivity index (χ4v) is 3.63. The van der Waals surface area contributed by atoms with Gasteiger partial charge in [0.1, 0.15) is 16.5 Å². The molecule has 2 heterocycles. The van der Waals surface area contributed by atoms with Crippen LogP contribution in [0, 0.1) is 5.92 Å². The molecule has 5 heteroatoms. The summed E-state index contributed by atoms with van der Waals surface area (Å²) in [4.78, 5) is 18.8. The molecule has 2 aromatic rings. The average Bonchev–Trinajstić information content (AvgIpc) is 3.08. The number of nitrogens with zero attached hydrogens (tertiary/aromatic N) is 2. The number of furan rings is 1. The van der Waals surface area contributed by atoms with E-state index in [1.165, 1.54) is 6.42 Å². The fraction of sp³-hybridized carbons (Fsp3) is 0.474. The first-order chi connectivity index (χ1) is 11.5. The Labute approximate surface area is 147 Å². The van der Waals surface area contributed by atoms with Crippen LogP contribution >= 0.6 is 11.8 Å². The van der Waals surface area contributed by atoms with Crippen LogP contribution in [-0.2, 0) is 6.54 Å². The predicted molar refractivity (Wildman–Crippen MR) is 96.3 cm³/mol. The molecule has 24 heavy (non-hydrogen) atoms. The molecule has 2 aromatic heterocycles. The zero-order chi connectivity index (χ0) is 17.3.